The minimum absolute atomic E-state index is 0.225. The first-order valence-corrected chi connectivity index (χ1v) is 8.10. The standard InChI is InChI=1S/C20H18O4/c21-20(23-10-9-22-12-16-13-24-16)19-17-7-3-1-5-14(17)11-15-6-2-4-8-18(15)19/h1-8,11,16H,9-10,12-13H2. The fourth-order valence-corrected chi connectivity index (χ4v) is 2.88. The van der Waals surface area contributed by atoms with E-state index in [9.17, 15) is 4.79 Å². The van der Waals surface area contributed by atoms with Crippen molar-refractivity contribution in [2.75, 3.05) is 26.4 Å². The van der Waals surface area contributed by atoms with Gasteiger partial charge in [-0.2, -0.15) is 0 Å². The molecule has 24 heavy (non-hydrogen) atoms. The number of hydrogen-bond donors (Lipinski definition) is 0. The lowest BCUT2D eigenvalue weighted by atomic mass is 9.97. The Balaban J connectivity index is 1.59. The summed E-state index contributed by atoms with van der Waals surface area (Å²) in [5.74, 6) is -0.311. The summed E-state index contributed by atoms with van der Waals surface area (Å²) in [6, 6.07) is 17.9. The van der Waals surface area contributed by atoms with Gasteiger partial charge >= 0.3 is 5.97 Å². The van der Waals surface area contributed by atoms with E-state index in [1.807, 2.05) is 48.5 Å². The molecule has 0 aliphatic carbocycles. The fraction of sp³-hybridized carbons (Fsp3) is 0.250. The van der Waals surface area contributed by atoms with Crippen LogP contribution in [0.2, 0.25) is 0 Å². The molecular formula is C20H18O4. The van der Waals surface area contributed by atoms with Gasteiger partial charge in [-0.15, -0.1) is 0 Å². The van der Waals surface area contributed by atoms with Crippen LogP contribution in [0.5, 0.6) is 0 Å². The minimum Gasteiger partial charge on any atom is -0.460 e. The van der Waals surface area contributed by atoms with Crippen LogP contribution in [0.1, 0.15) is 10.4 Å². The van der Waals surface area contributed by atoms with Gasteiger partial charge in [0.2, 0.25) is 0 Å². The summed E-state index contributed by atoms with van der Waals surface area (Å²) in [6.07, 6.45) is 0.225. The predicted molar refractivity (Wildman–Crippen MR) is 92.3 cm³/mol. The van der Waals surface area contributed by atoms with Crippen molar-refractivity contribution in [1.82, 2.24) is 0 Å². The first-order valence-electron chi connectivity index (χ1n) is 8.10. The lowest BCUT2D eigenvalue weighted by Crippen LogP contribution is -2.13. The molecule has 1 heterocycles. The molecule has 1 aliphatic rings. The topological polar surface area (TPSA) is 48.1 Å². The molecule has 122 valence electrons. The van der Waals surface area contributed by atoms with Crippen molar-refractivity contribution >= 4 is 27.5 Å². The van der Waals surface area contributed by atoms with Crippen molar-refractivity contribution in [3.8, 4) is 0 Å². The van der Waals surface area contributed by atoms with E-state index in [-0.39, 0.29) is 18.7 Å². The number of ether oxygens (including phenoxy) is 3. The number of fused-ring (bicyclic) bond motifs is 2. The highest BCUT2D eigenvalue weighted by Gasteiger charge is 2.22. The quantitative estimate of drug-likeness (QED) is 0.301. The van der Waals surface area contributed by atoms with E-state index < -0.39 is 0 Å². The fourth-order valence-electron chi connectivity index (χ4n) is 2.88. The van der Waals surface area contributed by atoms with E-state index in [1.54, 1.807) is 0 Å². The molecule has 0 amide bonds. The Morgan fingerprint density at radius 3 is 2.25 bits per heavy atom. The molecule has 3 aromatic rings. The highest BCUT2D eigenvalue weighted by molar-refractivity contribution is 6.16. The average Bonchev–Trinajstić information content (AvgIpc) is 3.43. The molecule has 1 fully saturated rings. The van der Waals surface area contributed by atoms with E-state index >= 15 is 0 Å². The number of benzene rings is 3. The van der Waals surface area contributed by atoms with Crippen LogP contribution in [0.15, 0.2) is 54.6 Å². The number of epoxide rings is 1. The maximum Gasteiger partial charge on any atom is 0.339 e. The van der Waals surface area contributed by atoms with Gasteiger partial charge in [0.15, 0.2) is 0 Å². The summed E-state index contributed by atoms with van der Waals surface area (Å²) in [7, 11) is 0. The Labute approximate surface area is 139 Å². The maximum absolute atomic E-state index is 12.7. The van der Waals surface area contributed by atoms with Crippen molar-refractivity contribution < 1.29 is 19.0 Å². The molecule has 0 N–H and O–H groups in total. The van der Waals surface area contributed by atoms with Gasteiger partial charge in [-0.3, -0.25) is 0 Å². The second-order valence-electron chi connectivity index (χ2n) is 5.86. The summed E-state index contributed by atoms with van der Waals surface area (Å²) in [5.41, 5.74) is 0.620. The molecule has 1 atom stereocenters. The summed E-state index contributed by atoms with van der Waals surface area (Å²) in [6.45, 7) is 1.95. The zero-order chi connectivity index (χ0) is 16.4. The van der Waals surface area contributed by atoms with Gasteiger partial charge in [0.05, 0.1) is 25.4 Å². The number of carbonyl (C=O) groups excluding carboxylic acids is 1. The normalized spacial score (nSPS) is 16.4. The van der Waals surface area contributed by atoms with Gasteiger partial charge in [-0.05, 0) is 27.6 Å². The van der Waals surface area contributed by atoms with Crippen LogP contribution in [-0.2, 0) is 14.2 Å². The second kappa shape index (κ2) is 6.59. The molecule has 0 bridgehead atoms. The van der Waals surface area contributed by atoms with Gasteiger partial charge < -0.3 is 14.2 Å². The van der Waals surface area contributed by atoms with Gasteiger partial charge in [0, 0.05) is 0 Å². The predicted octanol–water partition coefficient (Wildman–Crippen LogP) is 3.57. The van der Waals surface area contributed by atoms with Crippen LogP contribution in [-0.4, -0.2) is 38.5 Å². The van der Waals surface area contributed by atoms with E-state index in [1.165, 1.54) is 0 Å². The van der Waals surface area contributed by atoms with Crippen LogP contribution in [0.25, 0.3) is 21.5 Å². The number of esters is 1. The number of carbonyl (C=O) groups is 1. The summed E-state index contributed by atoms with van der Waals surface area (Å²) in [4.78, 5) is 12.7. The van der Waals surface area contributed by atoms with E-state index in [2.05, 4.69) is 6.07 Å². The van der Waals surface area contributed by atoms with Crippen molar-refractivity contribution in [2.45, 2.75) is 6.10 Å². The Morgan fingerprint density at radius 2 is 1.62 bits per heavy atom. The van der Waals surface area contributed by atoms with Crippen molar-refractivity contribution in [1.29, 1.82) is 0 Å². The van der Waals surface area contributed by atoms with E-state index in [0.29, 0.717) is 18.8 Å². The Bertz CT molecular complexity index is 829. The molecule has 1 unspecified atom stereocenters. The first-order chi connectivity index (χ1) is 11.8. The zero-order valence-electron chi connectivity index (χ0n) is 13.2. The smallest absolute Gasteiger partial charge is 0.339 e. The van der Waals surface area contributed by atoms with E-state index in [0.717, 1.165) is 28.2 Å². The lowest BCUT2D eigenvalue weighted by Gasteiger charge is -2.11. The maximum atomic E-state index is 12.7. The van der Waals surface area contributed by atoms with Crippen LogP contribution >= 0.6 is 0 Å². The lowest BCUT2D eigenvalue weighted by molar-refractivity contribution is 0.0299. The molecule has 4 nitrogen and oxygen atoms in total. The van der Waals surface area contributed by atoms with Gasteiger partial charge in [0.1, 0.15) is 12.7 Å². The van der Waals surface area contributed by atoms with Crippen molar-refractivity contribution in [2.24, 2.45) is 0 Å². The first kappa shape index (κ1) is 15.1. The second-order valence-corrected chi connectivity index (χ2v) is 5.86. The zero-order valence-corrected chi connectivity index (χ0v) is 13.2. The van der Waals surface area contributed by atoms with Crippen LogP contribution in [0, 0.1) is 0 Å². The summed E-state index contributed by atoms with van der Waals surface area (Å²) < 4.78 is 15.9. The van der Waals surface area contributed by atoms with Crippen LogP contribution < -0.4 is 0 Å². The monoisotopic (exact) mass is 322 g/mol. The Hall–Kier alpha value is -2.43. The molecule has 1 aliphatic heterocycles. The summed E-state index contributed by atoms with van der Waals surface area (Å²) >= 11 is 0. The van der Waals surface area contributed by atoms with Gasteiger partial charge in [-0.1, -0.05) is 48.5 Å². The SMILES string of the molecule is O=C(OCCOCC1CO1)c1c2ccccc2cc2ccccc12. The van der Waals surface area contributed by atoms with Crippen molar-refractivity contribution in [3.63, 3.8) is 0 Å². The molecule has 0 spiro atoms. The Morgan fingerprint density at radius 1 is 1.00 bits per heavy atom. The van der Waals surface area contributed by atoms with Gasteiger partial charge in [-0.25, -0.2) is 4.79 Å². The molecule has 0 saturated carbocycles. The highest BCUT2D eigenvalue weighted by atomic mass is 16.6. The number of hydrogen-bond acceptors (Lipinski definition) is 4. The molecule has 0 aromatic heterocycles. The molecule has 3 aromatic carbocycles. The Kier molecular flexibility index (Phi) is 4.15. The van der Waals surface area contributed by atoms with Crippen LogP contribution in [0.4, 0.5) is 0 Å². The third-order valence-electron chi connectivity index (χ3n) is 4.14. The van der Waals surface area contributed by atoms with Crippen LogP contribution in [0.3, 0.4) is 0 Å². The molecule has 1 saturated heterocycles. The van der Waals surface area contributed by atoms with Crippen molar-refractivity contribution in [3.05, 3.63) is 60.2 Å². The third kappa shape index (κ3) is 3.11. The molecule has 4 heteroatoms. The molecule has 0 radical (unpaired) electrons. The molecular weight excluding hydrogens is 304 g/mol. The third-order valence-corrected chi connectivity index (χ3v) is 4.14. The highest BCUT2D eigenvalue weighted by Crippen LogP contribution is 2.29. The average molecular weight is 322 g/mol. The van der Waals surface area contributed by atoms with Gasteiger partial charge in [0.25, 0.3) is 0 Å². The van der Waals surface area contributed by atoms with E-state index in [4.69, 9.17) is 14.2 Å². The minimum atomic E-state index is -0.311. The largest absolute Gasteiger partial charge is 0.460 e. The number of rotatable bonds is 6. The molecule has 4 rings (SSSR count). The summed E-state index contributed by atoms with van der Waals surface area (Å²) in [5, 5.41) is 3.89.